The van der Waals surface area contributed by atoms with Gasteiger partial charge in [0, 0.05) is 6.54 Å². The van der Waals surface area contributed by atoms with Gasteiger partial charge in [-0.2, -0.15) is 0 Å². The molecule has 1 amide bonds. The van der Waals surface area contributed by atoms with Crippen molar-refractivity contribution in [3.05, 3.63) is 29.8 Å². The van der Waals surface area contributed by atoms with Gasteiger partial charge in [-0.1, -0.05) is 12.1 Å². The molecule has 152 valence electrons. The van der Waals surface area contributed by atoms with Gasteiger partial charge in [0.2, 0.25) is 0 Å². The van der Waals surface area contributed by atoms with Crippen molar-refractivity contribution in [3.63, 3.8) is 0 Å². The van der Waals surface area contributed by atoms with Gasteiger partial charge in [0.1, 0.15) is 5.75 Å². The van der Waals surface area contributed by atoms with Crippen LogP contribution in [0.3, 0.4) is 0 Å². The molecular weight excluding hydrogens is 358 g/mol. The Labute approximate surface area is 165 Å². The summed E-state index contributed by atoms with van der Waals surface area (Å²) in [5, 5.41) is 13.6. The van der Waals surface area contributed by atoms with Crippen molar-refractivity contribution in [3.8, 4) is 5.75 Å². The Morgan fingerprint density at radius 3 is 2.43 bits per heavy atom. The van der Waals surface area contributed by atoms with Crippen molar-refractivity contribution in [2.45, 2.75) is 50.5 Å². The molecule has 28 heavy (non-hydrogen) atoms. The second-order valence-corrected chi connectivity index (χ2v) is 8.99. The van der Waals surface area contributed by atoms with Crippen molar-refractivity contribution in [2.24, 2.45) is 17.3 Å². The van der Waals surface area contributed by atoms with Gasteiger partial charge in [0.25, 0.3) is 5.91 Å². The molecule has 0 saturated heterocycles. The normalized spacial score (nSPS) is 32.8. The van der Waals surface area contributed by atoms with E-state index in [1.807, 2.05) is 24.3 Å². The Morgan fingerprint density at radius 2 is 1.82 bits per heavy atom. The molecule has 4 aliphatic rings. The molecule has 4 bridgehead atoms. The number of carbonyl (C=O) groups excluding carboxylic acids is 2. The number of methoxy groups -OCH3 is 1. The highest BCUT2D eigenvalue weighted by Gasteiger charge is 2.60. The van der Waals surface area contributed by atoms with Crippen LogP contribution in [0.25, 0.3) is 0 Å². The molecule has 0 aliphatic heterocycles. The predicted octanol–water partition coefficient (Wildman–Crippen LogP) is 2.23. The molecule has 0 aromatic heterocycles. The summed E-state index contributed by atoms with van der Waals surface area (Å²) in [6.07, 6.45) is 5.51. The van der Waals surface area contributed by atoms with Crippen LogP contribution in [-0.2, 0) is 20.7 Å². The Balaban J connectivity index is 1.23. The van der Waals surface area contributed by atoms with Crippen LogP contribution in [-0.4, -0.2) is 42.8 Å². The van der Waals surface area contributed by atoms with Crippen molar-refractivity contribution in [2.75, 3.05) is 20.3 Å². The fraction of sp³-hybridized carbons (Fsp3) is 0.636. The Hall–Kier alpha value is -2.08. The van der Waals surface area contributed by atoms with Gasteiger partial charge >= 0.3 is 5.97 Å². The van der Waals surface area contributed by atoms with E-state index in [1.54, 1.807) is 7.11 Å². The van der Waals surface area contributed by atoms with E-state index in [4.69, 9.17) is 9.47 Å². The van der Waals surface area contributed by atoms with E-state index in [1.165, 1.54) is 0 Å². The highest BCUT2D eigenvalue weighted by atomic mass is 16.5. The summed E-state index contributed by atoms with van der Waals surface area (Å²) in [6, 6.07) is 7.70. The van der Waals surface area contributed by atoms with Gasteiger partial charge in [-0.25, -0.2) is 0 Å². The van der Waals surface area contributed by atoms with Crippen LogP contribution < -0.4 is 10.1 Å². The third kappa shape index (κ3) is 3.88. The number of hydrogen-bond acceptors (Lipinski definition) is 5. The van der Waals surface area contributed by atoms with Gasteiger partial charge in [0.15, 0.2) is 6.61 Å². The Morgan fingerprint density at radius 1 is 1.14 bits per heavy atom. The molecule has 6 heteroatoms. The molecule has 1 aromatic carbocycles. The molecule has 4 fully saturated rings. The molecular formula is C22H29NO5. The van der Waals surface area contributed by atoms with Crippen LogP contribution in [0, 0.1) is 17.3 Å². The zero-order chi connectivity index (χ0) is 19.8. The third-order valence-corrected chi connectivity index (χ3v) is 6.69. The quantitative estimate of drug-likeness (QED) is 0.701. The van der Waals surface area contributed by atoms with E-state index in [9.17, 15) is 14.7 Å². The summed E-state index contributed by atoms with van der Waals surface area (Å²) in [6.45, 7) is 0.231. The number of amides is 1. The molecule has 4 aliphatic carbocycles. The monoisotopic (exact) mass is 387 g/mol. The van der Waals surface area contributed by atoms with Crippen LogP contribution >= 0.6 is 0 Å². The van der Waals surface area contributed by atoms with Crippen LogP contribution in [0.1, 0.15) is 44.1 Å². The maximum atomic E-state index is 12.8. The number of esters is 1. The van der Waals surface area contributed by atoms with Gasteiger partial charge in [-0.3, -0.25) is 9.59 Å². The minimum atomic E-state index is -0.705. The van der Waals surface area contributed by atoms with Crippen molar-refractivity contribution >= 4 is 11.9 Å². The molecule has 2 N–H and O–H groups in total. The average molecular weight is 387 g/mol. The lowest BCUT2D eigenvalue weighted by Gasteiger charge is -2.58. The molecule has 6 nitrogen and oxygen atoms in total. The summed E-state index contributed by atoms with van der Waals surface area (Å²) in [5.74, 6) is 1.04. The van der Waals surface area contributed by atoms with E-state index in [2.05, 4.69) is 5.32 Å². The first kappa shape index (κ1) is 19.2. The molecule has 0 spiro atoms. The summed E-state index contributed by atoms with van der Waals surface area (Å²) >= 11 is 0. The van der Waals surface area contributed by atoms with Gasteiger partial charge in [-0.15, -0.1) is 0 Å². The second kappa shape index (κ2) is 7.39. The second-order valence-electron chi connectivity index (χ2n) is 8.99. The van der Waals surface area contributed by atoms with Gasteiger partial charge in [-0.05, 0) is 74.5 Å². The first-order valence-electron chi connectivity index (χ1n) is 10.2. The Kier molecular flexibility index (Phi) is 5.08. The SMILES string of the molecule is COc1ccc(CCNC(=O)COC(=O)C23C[C@@H]4C[C@@H](CC(O)(C4)C2)C3)cc1. The maximum Gasteiger partial charge on any atom is 0.312 e. The zero-order valence-electron chi connectivity index (χ0n) is 16.4. The number of aliphatic hydroxyl groups is 1. The summed E-state index contributed by atoms with van der Waals surface area (Å²) in [7, 11) is 1.63. The third-order valence-electron chi connectivity index (χ3n) is 6.69. The van der Waals surface area contributed by atoms with Crippen LogP contribution in [0.2, 0.25) is 0 Å². The fourth-order valence-corrected chi connectivity index (χ4v) is 5.93. The standard InChI is InChI=1S/C22H29NO5/c1-27-18-4-2-15(3-5-18)6-7-23-19(24)13-28-20(25)21-9-16-8-17(10-21)12-22(26,11-16)14-21/h2-5,16-17,26H,6-14H2,1H3,(H,23,24)/t16-,17+,21?,22?. The average Bonchev–Trinajstić information content (AvgIpc) is 2.64. The largest absolute Gasteiger partial charge is 0.497 e. The molecule has 1 aromatic rings. The predicted molar refractivity (Wildman–Crippen MR) is 103 cm³/mol. The lowest BCUT2D eigenvalue weighted by molar-refractivity contribution is -0.196. The van der Waals surface area contributed by atoms with Crippen LogP contribution in [0.5, 0.6) is 5.75 Å². The number of hydrogen-bond donors (Lipinski definition) is 2. The number of rotatable bonds is 7. The van der Waals surface area contributed by atoms with Crippen LogP contribution in [0.15, 0.2) is 24.3 Å². The highest BCUT2D eigenvalue weighted by molar-refractivity contribution is 5.83. The minimum Gasteiger partial charge on any atom is -0.497 e. The van der Waals surface area contributed by atoms with E-state index in [0.717, 1.165) is 43.4 Å². The van der Waals surface area contributed by atoms with E-state index in [0.29, 0.717) is 31.2 Å². The summed E-state index contributed by atoms with van der Waals surface area (Å²) in [4.78, 5) is 24.8. The first-order chi connectivity index (χ1) is 13.4. The Bertz CT molecular complexity index is 730. The topological polar surface area (TPSA) is 84.9 Å². The van der Waals surface area contributed by atoms with E-state index >= 15 is 0 Å². The van der Waals surface area contributed by atoms with Gasteiger partial charge < -0.3 is 19.9 Å². The summed E-state index contributed by atoms with van der Waals surface area (Å²) < 4.78 is 10.5. The highest BCUT2D eigenvalue weighted by Crippen LogP contribution is 2.61. The smallest absolute Gasteiger partial charge is 0.312 e. The minimum absolute atomic E-state index is 0.253. The first-order valence-corrected chi connectivity index (χ1v) is 10.2. The van der Waals surface area contributed by atoms with Crippen molar-refractivity contribution in [1.29, 1.82) is 0 Å². The zero-order valence-corrected chi connectivity index (χ0v) is 16.4. The molecule has 4 atom stereocenters. The number of ether oxygens (including phenoxy) is 2. The van der Waals surface area contributed by atoms with Crippen LogP contribution in [0.4, 0.5) is 0 Å². The van der Waals surface area contributed by atoms with Crippen molar-refractivity contribution < 1.29 is 24.2 Å². The number of nitrogens with one attached hydrogen (secondary N) is 1. The molecule has 5 rings (SSSR count). The number of benzene rings is 1. The molecule has 2 unspecified atom stereocenters. The van der Waals surface area contributed by atoms with Crippen molar-refractivity contribution in [1.82, 2.24) is 5.32 Å². The number of carbonyl (C=O) groups is 2. The molecule has 0 radical (unpaired) electrons. The fourth-order valence-electron chi connectivity index (χ4n) is 5.93. The van der Waals surface area contributed by atoms with Gasteiger partial charge in [0.05, 0.1) is 18.1 Å². The lowest BCUT2D eigenvalue weighted by Crippen LogP contribution is -2.58. The lowest BCUT2D eigenvalue weighted by atomic mass is 9.48. The molecule has 4 saturated carbocycles. The maximum absolute atomic E-state index is 12.8. The van der Waals surface area contributed by atoms with E-state index in [-0.39, 0.29) is 18.5 Å². The molecule has 0 heterocycles. The summed E-state index contributed by atoms with van der Waals surface area (Å²) in [5.41, 5.74) is -0.189. The van der Waals surface area contributed by atoms with E-state index < -0.39 is 11.0 Å².